The standard InChI is InChI=1S/C28H46ClN3O6/c1-20(2)14-23-16-31(21(3)33)17-26(37-5)28(36)25(34)19-38-13-9-8-12-32(23)27(35)18-30(4)15-22-10-6-7-11-24(22)29/h6-7,10-11,20,23,25-26,28,34,36H,8-9,12-19H2,1-5H3/t23-,25-,26-,28-/m1/s1. The van der Waals surface area contributed by atoms with E-state index in [1.54, 1.807) is 4.90 Å². The van der Waals surface area contributed by atoms with E-state index >= 15 is 0 Å². The average molecular weight is 556 g/mol. The summed E-state index contributed by atoms with van der Waals surface area (Å²) in [6.07, 6.45) is -1.03. The van der Waals surface area contributed by atoms with E-state index in [0.717, 1.165) is 5.56 Å². The molecule has 0 saturated carbocycles. The van der Waals surface area contributed by atoms with Crippen LogP contribution in [-0.2, 0) is 25.6 Å². The summed E-state index contributed by atoms with van der Waals surface area (Å²) in [6, 6.07) is 7.39. The van der Waals surface area contributed by atoms with Crippen LogP contribution in [-0.4, -0.2) is 115 Å². The van der Waals surface area contributed by atoms with Gasteiger partial charge in [-0.3, -0.25) is 14.5 Å². The van der Waals surface area contributed by atoms with Crippen molar-refractivity contribution in [2.75, 3.05) is 53.6 Å². The smallest absolute Gasteiger partial charge is 0.237 e. The molecule has 1 aromatic carbocycles. The van der Waals surface area contributed by atoms with Crippen molar-refractivity contribution in [1.82, 2.24) is 14.7 Å². The van der Waals surface area contributed by atoms with Gasteiger partial charge in [-0.05, 0) is 43.9 Å². The monoisotopic (exact) mass is 555 g/mol. The molecule has 1 fully saturated rings. The first kappa shape index (κ1) is 32.5. The summed E-state index contributed by atoms with van der Waals surface area (Å²) in [7, 11) is 3.34. The number of rotatable bonds is 7. The number of hydrogen-bond acceptors (Lipinski definition) is 7. The van der Waals surface area contributed by atoms with Crippen LogP contribution in [0.3, 0.4) is 0 Å². The lowest BCUT2D eigenvalue weighted by atomic mass is 10.00. The van der Waals surface area contributed by atoms with Crippen LogP contribution in [0, 0.1) is 5.92 Å². The van der Waals surface area contributed by atoms with Crippen LogP contribution in [0.5, 0.6) is 0 Å². The Morgan fingerprint density at radius 1 is 1.21 bits per heavy atom. The van der Waals surface area contributed by atoms with Crippen LogP contribution in [0.25, 0.3) is 0 Å². The highest BCUT2D eigenvalue weighted by atomic mass is 35.5. The minimum absolute atomic E-state index is 0.0135. The number of aliphatic hydroxyl groups excluding tert-OH is 2. The lowest BCUT2D eigenvalue weighted by molar-refractivity contribution is -0.142. The zero-order chi connectivity index (χ0) is 28.2. The van der Waals surface area contributed by atoms with Gasteiger partial charge in [-0.25, -0.2) is 0 Å². The van der Waals surface area contributed by atoms with Gasteiger partial charge in [0.15, 0.2) is 0 Å². The average Bonchev–Trinajstić information content (AvgIpc) is 2.85. The quantitative estimate of drug-likeness (QED) is 0.532. The van der Waals surface area contributed by atoms with E-state index in [4.69, 9.17) is 21.1 Å². The highest BCUT2D eigenvalue weighted by Gasteiger charge is 2.33. The molecule has 0 bridgehead atoms. The van der Waals surface area contributed by atoms with Crippen LogP contribution < -0.4 is 0 Å². The van der Waals surface area contributed by atoms with Crippen molar-refractivity contribution in [3.05, 3.63) is 34.9 Å². The van der Waals surface area contributed by atoms with E-state index in [1.807, 2.05) is 41.1 Å². The van der Waals surface area contributed by atoms with Crippen LogP contribution in [0.4, 0.5) is 0 Å². The molecule has 2 rings (SSSR count). The minimum Gasteiger partial charge on any atom is -0.388 e. The Bertz CT molecular complexity index is 873. The molecule has 0 aromatic heterocycles. The van der Waals surface area contributed by atoms with Crippen LogP contribution in [0.2, 0.25) is 5.02 Å². The molecular weight excluding hydrogens is 510 g/mol. The normalized spacial score (nSPS) is 24.5. The second kappa shape index (κ2) is 16.4. The molecule has 1 aliphatic rings. The van der Waals surface area contributed by atoms with Crippen molar-refractivity contribution in [3.63, 3.8) is 0 Å². The Labute approximate surface area is 232 Å². The van der Waals surface area contributed by atoms with Gasteiger partial charge in [0.2, 0.25) is 11.8 Å². The van der Waals surface area contributed by atoms with Gasteiger partial charge < -0.3 is 29.5 Å². The molecule has 0 unspecified atom stereocenters. The molecule has 10 heteroatoms. The van der Waals surface area contributed by atoms with E-state index in [9.17, 15) is 19.8 Å². The second-order valence-corrected chi connectivity index (χ2v) is 11.1. The van der Waals surface area contributed by atoms with Gasteiger partial charge in [0, 0.05) is 57.9 Å². The van der Waals surface area contributed by atoms with Gasteiger partial charge in [-0.15, -0.1) is 0 Å². The highest BCUT2D eigenvalue weighted by Crippen LogP contribution is 2.19. The van der Waals surface area contributed by atoms with Crippen molar-refractivity contribution < 1.29 is 29.3 Å². The molecule has 216 valence electrons. The maximum Gasteiger partial charge on any atom is 0.237 e. The van der Waals surface area contributed by atoms with Gasteiger partial charge in [-0.2, -0.15) is 0 Å². The zero-order valence-corrected chi connectivity index (χ0v) is 24.3. The summed E-state index contributed by atoms with van der Waals surface area (Å²) in [5, 5.41) is 21.7. The second-order valence-electron chi connectivity index (χ2n) is 10.7. The van der Waals surface area contributed by atoms with E-state index in [2.05, 4.69) is 13.8 Å². The number of methoxy groups -OCH3 is 1. The number of hydrogen-bond donors (Lipinski definition) is 2. The largest absolute Gasteiger partial charge is 0.388 e. The number of likely N-dealkylation sites (N-methyl/N-ethyl adjacent to an activating group) is 1. The van der Waals surface area contributed by atoms with Gasteiger partial charge in [-0.1, -0.05) is 43.6 Å². The first-order valence-corrected chi connectivity index (χ1v) is 13.8. The van der Waals surface area contributed by atoms with Crippen molar-refractivity contribution in [3.8, 4) is 0 Å². The number of nitrogens with zero attached hydrogens (tertiary/aromatic N) is 3. The summed E-state index contributed by atoms with van der Waals surface area (Å²) in [6.45, 7) is 7.72. The summed E-state index contributed by atoms with van der Waals surface area (Å²) in [5.74, 6) is 0.0901. The molecule has 0 spiro atoms. The Hall–Kier alpha value is -1.75. The van der Waals surface area contributed by atoms with Gasteiger partial charge in [0.1, 0.15) is 18.3 Å². The molecular formula is C28H46ClN3O6. The summed E-state index contributed by atoms with van der Waals surface area (Å²) < 4.78 is 11.1. The topological polar surface area (TPSA) is 103 Å². The van der Waals surface area contributed by atoms with E-state index in [0.29, 0.717) is 50.5 Å². The van der Waals surface area contributed by atoms with Crippen LogP contribution in [0.1, 0.15) is 45.6 Å². The predicted molar refractivity (Wildman–Crippen MR) is 148 cm³/mol. The molecule has 1 aromatic rings. The fraction of sp³-hybridized carbons (Fsp3) is 0.714. The molecule has 2 amide bonds. The Kier molecular flexibility index (Phi) is 14.0. The number of carbonyl (C=O) groups is 2. The van der Waals surface area contributed by atoms with Gasteiger partial charge >= 0.3 is 0 Å². The highest BCUT2D eigenvalue weighted by molar-refractivity contribution is 6.31. The van der Waals surface area contributed by atoms with Crippen molar-refractivity contribution in [2.45, 2.75) is 70.9 Å². The summed E-state index contributed by atoms with van der Waals surface area (Å²) in [5.41, 5.74) is 0.954. The SMILES string of the molecule is CO[C@@H]1CN(C(C)=O)C[C@@H](CC(C)C)N(C(=O)CN(C)Cc2ccccc2Cl)CCCCOC[C@@H](O)[C@H]1O. The van der Waals surface area contributed by atoms with Crippen molar-refractivity contribution in [1.29, 1.82) is 0 Å². The van der Waals surface area contributed by atoms with E-state index in [1.165, 1.54) is 14.0 Å². The Morgan fingerprint density at radius 2 is 1.92 bits per heavy atom. The third-order valence-corrected chi connectivity index (χ3v) is 7.26. The molecule has 1 aliphatic heterocycles. The predicted octanol–water partition coefficient (Wildman–Crippen LogP) is 2.41. The van der Waals surface area contributed by atoms with Crippen LogP contribution >= 0.6 is 11.6 Å². The molecule has 9 nitrogen and oxygen atoms in total. The third kappa shape index (κ3) is 10.4. The van der Waals surface area contributed by atoms with Crippen LogP contribution in [0.15, 0.2) is 24.3 Å². The molecule has 38 heavy (non-hydrogen) atoms. The molecule has 0 radical (unpaired) electrons. The number of halogens is 1. The molecule has 2 N–H and O–H groups in total. The summed E-state index contributed by atoms with van der Waals surface area (Å²) >= 11 is 6.33. The van der Waals surface area contributed by atoms with Crippen molar-refractivity contribution >= 4 is 23.4 Å². The first-order valence-electron chi connectivity index (χ1n) is 13.5. The van der Waals surface area contributed by atoms with Gasteiger partial charge in [0.05, 0.1) is 13.2 Å². The third-order valence-electron chi connectivity index (χ3n) is 6.89. The fourth-order valence-corrected chi connectivity index (χ4v) is 5.01. The Balaban J connectivity index is 2.29. The number of carbonyl (C=O) groups excluding carboxylic acids is 2. The fourth-order valence-electron chi connectivity index (χ4n) is 4.81. The van der Waals surface area contributed by atoms with E-state index < -0.39 is 18.3 Å². The summed E-state index contributed by atoms with van der Waals surface area (Å²) in [4.78, 5) is 31.9. The molecule has 1 heterocycles. The zero-order valence-electron chi connectivity index (χ0n) is 23.5. The number of ether oxygens (including phenoxy) is 2. The number of benzene rings is 1. The Morgan fingerprint density at radius 3 is 2.55 bits per heavy atom. The van der Waals surface area contributed by atoms with Crippen molar-refractivity contribution in [2.24, 2.45) is 5.92 Å². The molecule has 4 atom stereocenters. The minimum atomic E-state index is -1.22. The molecule has 0 aliphatic carbocycles. The number of amides is 2. The maximum atomic E-state index is 13.7. The lowest BCUT2D eigenvalue weighted by Crippen LogP contribution is -2.54. The first-order chi connectivity index (χ1) is 18.0. The number of aliphatic hydroxyl groups is 2. The van der Waals surface area contributed by atoms with E-state index in [-0.39, 0.29) is 43.5 Å². The molecule has 1 saturated heterocycles. The van der Waals surface area contributed by atoms with Gasteiger partial charge in [0.25, 0.3) is 0 Å². The maximum absolute atomic E-state index is 13.7. The lowest BCUT2D eigenvalue weighted by Gasteiger charge is -2.39.